The maximum absolute atomic E-state index is 13.1. The molecular weight excluding hydrogens is 497 g/mol. The Morgan fingerprint density at radius 2 is 1.86 bits per heavy atom. The Kier molecular flexibility index (Phi) is 6.80. The van der Waals surface area contributed by atoms with Crippen molar-refractivity contribution in [3.8, 4) is 5.75 Å². The summed E-state index contributed by atoms with van der Waals surface area (Å²) in [6, 6.07) is 11.0. The van der Waals surface area contributed by atoms with E-state index in [2.05, 4.69) is 15.6 Å². The zero-order chi connectivity index (χ0) is 26.0. The zero-order valence-corrected chi connectivity index (χ0v) is 19.8. The molecule has 0 atom stereocenters. The highest BCUT2D eigenvalue weighted by Gasteiger charge is 2.30. The van der Waals surface area contributed by atoms with Crippen molar-refractivity contribution < 1.29 is 27.5 Å². The van der Waals surface area contributed by atoms with Gasteiger partial charge in [-0.3, -0.25) is 19.0 Å². The number of halogens is 3. The number of anilines is 2. The molecule has 0 radical (unpaired) electrons. The number of nitrogens with one attached hydrogen (secondary N) is 2. The first-order chi connectivity index (χ1) is 17.1. The average Bonchev–Trinajstić information content (AvgIpc) is 3.18. The molecule has 0 bridgehead atoms. The van der Waals surface area contributed by atoms with Crippen molar-refractivity contribution in [3.63, 3.8) is 0 Å². The molecule has 2 aromatic carbocycles. The van der Waals surface area contributed by atoms with Gasteiger partial charge in [-0.25, -0.2) is 4.98 Å². The molecule has 186 valence electrons. The van der Waals surface area contributed by atoms with Gasteiger partial charge in [0.15, 0.2) is 0 Å². The van der Waals surface area contributed by atoms with Crippen molar-refractivity contribution in [1.29, 1.82) is 0 Å². The summed E-state index contributed by atoms with van der Waals surface area (Å²) >= 11 is 0.935. The number of thiophene rings is 1. The van der Waals surface area contributed by atoms with Crippen LogP contribution in [0.1, 0.15) is 20.8 Å². The third-order valence-corrected chi connectivity index (χ3v) is 6.46. The van der Waals surface area contributed by atoms with Crippen LogP contribution in [0.3, 0.4) is 0 Å². The van der Waals surface area contributed by atoms with Crippen molar-refractivity contribution >= 4 is 44.7 Å². The van der Waals surface area contributed by atoms with Crippen LogP contribution in [0.2, 0.25) is 0 Å². The summed E-state index contributed by atoms with van der Waals surface area (Å²) in [5, 5.41) is 5.26. The molecule has 2 heterocycles. The van der Waals surface area contributed by atoms with Crippen molar-refractivity contribution in [2.24, 2.45) is 0 Å². The first-order valence-electron chi connectivity index (χ1n) is 10.5. The molecule has 0 unspecified atom stereocenters. The summed E-state index contributed by atoms with van der Waals surface area (Å²) in [4.78, 5) is 43.0. The molecule has 0 saturated carbocycles. The monoisotopic (exact) mass is 516 g/mol. The van der Waals surface area contributed by atoms with E-state index in [0.29, 0.717) is 17.0 Å². The molecule has 2 amide bonds. The van der Waals surface area contributed by atoms with E-state index >= 15 is 0 Å². The number of rotatable bonds is 6. The fourth-order valence-electron chi connectivity index (χ4n) is 3.54. The summed E-state index contributed by atoms with van der Waals surface area (Å²) in [6.07, 6.45) is -3.35. The average molecular weight is 517 g/mol. The van der Waals surface area contributed by atoms with Gasteiger partial charge < -0.3 is 15.4 Å². The molecule has 2 aromatic heterocycles. The Hall–Kier alpha value is -4.19. The quantitative estimate of drug-likeness (QED) is 0.387. The fourth-order valence-corrected chi connectivity index (χ4v) is 4.58. The van der Waals surface area contributed by atoms with Gasteiger partial charge in [0, 0.05) is 5.69 Å². The van der Waals surface area contributed by atoms with Gasteiger partial charge in [-0.1, -0.05) is 18.2 Å². The summed E-state index contributed by atoms with van der Waals surface area (Å²) in [5.74, 6) is -0.704. The predicted molar refractivity (Wildman–Crippen MR) is 130 cm³/mol. The maximum Gasteiger partial charge on any atom is 0.416 e. The summed E-state index contributed by atoms with van der Waals surface area (Å²) in [5.41, 5.74) is -0.708. The van der Waals surface area contributed by atoms with Crippen molar-refractivity contribution in [3.05, 3.63) is 81.2 Å². The number of carbonyl (C=O) groups is 2. The second-order valence-corrected chi connectivity index (χ2v) is 8.69. The first-order valence-corrected chi connectivity index (χ1v) is 11.3. The Morgan fingerprint density at radius 3 is 2.58 bits per heavy atom. The molecule has 0 aliphatic heterocycles. The molecule has 0 fully saturated rings. The number of para-hydroxylation sites is 2. The second kappa shape index (κ2) is 9.82. The van der Waals surface area contributed by atoms with Gasteiger partial charge in [-0.2, -0.15) is 13.2 Å². The van der Waals surface area contributed by atoms with Crippen LogP contribution in [0.25, 0.3) is 10.2 Å². The van der Waals surface area contributed by atoms with E-state index < -0.39 is 29.1 Å². The standard InChI is InChI=1S/C24H19F3N4O4S/c1-13-19-22(36-20(13)21(33)29-15-7-5-6-14(10-15)24(25,26)27)28-12-31(23(19)34)11-18(32)30-16-8-3-4-9-17(16)35-2/h3-10,12H,11H2,1-2H3,(H,29,33)(H,30,32). The third kappa shape index (κ3) is 5.08. The molecule has 0 spiro atoms. The highest BCUT2D eigenvalue weighted by atomic mass is 32.1. The van der Waals surface area contributed by atoms with Crippen molar-refractivity contribution in [2.45, 2.75) is 19.6 Å². The molecule has 2 N–H and O–H groups in total. The number of benzene rings is 2. The lowest BCUT2D eigenvalue weighted by molar-refractivity contribution is -0.137. The number of ether oxygens (including phenoxy) is 1. The van der Waals surface area contributed by atoms with E-state index in [1.807, 2.05) is 0 Å². The minimum Gasteiger partial charge on any atom is -0.495 e. The van der Waals surface area contributed by atoms with E-state index in [1.165, 1.54) is 25.6 Å². The van der Waals surface area contributed by atoms with Gasteiger partial charge in [0.25, 0.3) is 11.5 Å². The van der Waals surface area contributed by atoms with E-state index in [0.717, 1.165) is 28.0 Å². The van der Waals surface area contributed by atoms with Crippen LogP contribution in [-0.4, -0.2) is 28.5 Å². The number of nitrogens with zero attached hydrogens (tertiary/aromatic N) is 2. The topological polar surface area (TPSA) is 102 Å². The number of hydrogen-bond acceptors (Lipinski definition) is 6. The predicted octanol–water partition coefficient (Wildman–Crippen LogP) is 4.68. The smallest absolute Gasteiger partial charge is 0.416 e. The summed E-state index contributed by atoms with van der Waals surface area (Å²) < 4.78 is 45.2. The van der Waals surface area contributed by atoms with Gasteiger partial charge in [0.2, 0.25) is 5.91 Å². The van der Waals surface area contributed by atoms with Crippen LogP contribution in [0.5, 0.6) is 5.75 Å². The van der Waals surface area contributed by atoms with Crippen LogP contribution in [0.4, 0.5) is 24.5 Å². The number of fused-ring (bicyclic) bond motifs is 1. The van der Waals surface area contributed by atoms with Crippen LogP contribution in [-0.2, 0) is 17.5 Å². The number of methoxy groups -OCH3 is 1. The number of aryl methyl sites for hydroxylation is 1. The number of amides is 2. The minimum atomic E-state index is -4.55. The lowest BCUT2D eigenvalue weighted by atomic mass is 10.1. The Labute approximate surface area is 206 Å². The molecule has 4 rings (SSSR count). The van der Waals surface area contributed by atoms with Crippen LogP contribution >= 0.6 is 11.3 Å². The summed E-state index contributed by atoms with van der Waals surface area (Å²) in [6.45, 7) is 1.21. The normalized spacial score (nSPS) is 11.4. The van der Waals surface area contributed by atoms with Gasteiger partial charge >= 0.3 is 6.18 Å². The lowest BCUT2D eigenvalue weighted by Gasteiger charge is -2.10. The first kappa shape index (κ1) is 24.9. The molecular formula is C24H19F3N4O4S. The molecule has 0 aliphatic rings. The van der Waals surface area contributed by atoms with E-state index in [1.54, 1.807) is 31.2 Å². The molecule has 0 saturated heterocycles. The maximum atomic E-state index is 13.1. The second-order valence-electron chi connectivity index (χ2n) is 7.70. The molecule has 36 heavy (non-hydrogen) atoms. The highest BCUT2D eigenvalue weighted by Crippen LogP contribution is 2.32. The number of hydrogen-bond donors (Lipinski definition) is 2. The van der Waals surface area contributed by atoms with Gasteiger partial charge in [-0.15, -0.1) is 11.3 Å². The Balaban J connectivity index is 1.57. The Bertz CT molecular complexity index is 1530. The van der Waals surface area contributed by atoms with Gasteiger partial charge in [0.1, 0.15) is 17.1 Å². The molecule has 12 heteroatoms. The largest absolute Gasteiger partial charge is 0.495 e. The van der Waals surface area contributed by atoms with Gasteiger partial charge in [0.05, 0.1) is 35.0 Å². The minimum absolute atomic E-state index is 0.0370. The van der Waals surface area contributed by atoms with Crippen molar-refractivity contribution in [1.82, 2.24) is 9.55 Å². The van der Waals surface area contributed by atoms with E-state index in [-0.39, 0.29) is 27.3 Å². The number of aromatic nitrogens is 2. The molecule has 8 nitrogen and oxygen atoms in total. The molecule has 4 aromatic rings. The van der Waals surface area contributed by atoms with Crippen LogP contribution in [0.15, 0.2) is 59.7 Å². The van der Waals surface area contributed by atoms with E-state index in [4.69, 9.17) is 4.74 Å². The third-order valence-electron chi connectivity index (χ3n) is 5.27. The fraction of sp³-hybridized carbons (Fsp3) is 0.167. The Morgan fingerprint density at radius 1 is 1.11 bits per heavy atom. The van der Waals surface area contributed by atoms with E-state index in [9.17, 15) is 27.6 Å². The lowest BCUT2D eigenvalue weighted by Crippen LogP contribution is -2.28. The number of carbonyl (C=O) groups excluding carboxylic acids is 2. The number of alkyl halides is 3. The van der Waals surface area contributed by atoms with Crippen LogP contribution in [0, 0.1) is 6.92 Å². The van der Waals surface area contributed by atoms with Crippen LogP contribution < -0.4 is 20.9 Å². The van der Waals surface area contributed by atoms with Crippen molar-refractivity contribution in [2.75, 3.05) is 17.7 Å². The highest BCUT2D eigenvalue weighted by molar-refractivity contribution is 7.20. The SMILES string of the molecule is COc1ccccc1NC(=O)Cn1cnc2sc(C(=O)Nc3cccc(C(F)(F)F)c3)c(C)c2c1=O. The summed E-state index contributed by atoms with van der Waals surface area (Å²) in [7, 11) is 1.47. The molecule has 0 aliphatic carbocycles. The van der Waals surface area contributed by atoms with Gasteiger partial charge in [-0.05, 0) is 42.8 Å². The zero-order valence-electron chi connectivity index (χ0n) is 19.0.